The number of nitrogens with one attached hydrogen (secondary N) is 1. The summed E-state index contributed by atoms with van der Waals surface area (Å²) in [5.74, 6) is 0.983. The molecule has 0 aliphatic heterocycles. The molecule has 3 aromatic heterocycles. The van der Waals surface area contributed by atoms with Crippen LogP contribution in [-0.4, -0.2) is 30.9 Å². The first kappa shape index (κ1) is 12.8. The molecule has 6 nitrogen and oxygen atoms in total. The van der Waals surface area contributed by atoms with Gasteiger partial charge in [0.15, 0.2) is 5.65 Å². The molecule has 3 heterocycles. The topological polar surface area (TPSA) is 60.0 Å². The molecule has 0 atom stereocenters. The molecule has 0 unspecified atom stereocenters. The Kier molecular flexibility index (Phi) is 3.73. The van der Waals surface area contributed by atoms with Crippen molar-refractivity contribution in [2.45, 2.75) is 26.4 Å². The first-order chi connectivity index (χ1) is 9.88. The molecule has 3 aromatic rings. The van der Waals surface area contributed by atoms with Crippen LogP contribution in [-0.2, 0) is 19.5 Å². The van der Waals surface area contributed by atoms with Crippen LogP contribution in [0.3, 0.4) is 0 Å². The van der Waals surface area contributed by atoms with Crippen LogP contribution in [0.5, 0.6) is 0 Å². The van der Waals surface area contributed by atoms with Gasteiger partial charge in [-0.15, -0.1) is 10.2 Å². The van der Waals surface area contributed by atoms with E-state index in [-0.39, 0.29) is 0 Å². The highest BCUT2D eigenvalue weighted by atomic mass is 15.3. The largest absolute Gasteiger partial charge is 0.311 e. The van der Waals surface area contributed by atoms with Gasteiger partial charge >= 0.3 is 0 Å². The molecule has 1 N–H and O–H groups in total. The first-order valence-electron chi connectivity index (χ1n) is 6.88. The highest BCUT2D eigenvalue weighted by molar-refractivity contribution is 5.36. The molecule has 20 heavy (non-hydrogen) atoms. The summed E-state index contributed by atoms with van der Waals surface area (Å²) in [5, 5.41) is 16.0. The molecule has 0 aliphatic carbocycles. The minimum atomic E-state index is 0.824. The Morgan fingerprint density at radius 1 is 1.20 bits per heavy atom. The van der Waals surface area contributed by atoms with Gasteiger partial charge in [-0.1, -0.05) is 6.07 Å². The molecule has 0 saturated carbocycles. The molecule has 6 heteroatoms. The van der Waals surface area contributed by atoms with Gasteiger partial charge in [-0.25, -0.2) is 0 Å². The molecule has 0 fully saturated rings. The van der Waals surface area contributed by atoms with Crippen molar-refractivity contribution < 1.29 is 0 Å². The summed E-state index contributed by atoms with van der Waals surface area (Å²) in [6.45, 7) is 4.69. The van der Waals surface area contributed by atoms with E-state index in [9.17, 15) is 0 Å². The molecule has 0 bridgehead atoms. The second-order valence-electron chi connectivity index (χ2n) is 4.61. The smallest absolute Gasteiger partial charge is 0.160 e. The van der Waals surface area contributed by atoms with Gasteiger partial charge in [-0.05, 0) is 25.1 Å². The Bertz CT molecular complexity index is 684. The first-order valence-corrected chi connectivity index (χ1v) is 6.88. The van der Waals surface area contributed by atoms with Crippen LogP contribution in [0.4, 0.5) is 0 Å². The van der Waals surface area contributed by atoms with E-state index in [0.717, 1.165) is 37.5 Å². The number of nitrogens with zero attached hydrogens (tertiary/aromatic N) is 5. The standard InChI is InChI=1S/C14H18N6/c1-2-20-12(6-9-16-20)11-15-8-7-14-18-17-13-5-3-4-10-19(13)14/h3-6,9-10,15H,2,7-8,11H2,1H3. The Morgan fingerprint density at radius 3 is 3.05 bits per heavy atom. The Morgan fingerprint density at radius 2 is 2.15 bits per heavy atom. The maximum absolute atomic E-state index is 4.25. The van der Waals surface area contributed by atoms with Gasteiger partial charge in [-0.3, -0.25) is 9.08 Å². The van der Waals surface area contributed by atoms with Gasteiger partial charge < -0.3 is 5.32 Å². The maximum atomic E-state index is 4.25. The van der Waals surface area contributed by atoms with Crippen molar-refractivity contribution in [3.8, 4) is 0 Å². The van der Waals surface area contributed by atoms with Gasteiger partial charge in [0.25, 0.3) is 0 Å². The Hall–Kier alpha value is -2.21. The molecule has 0 saturated heterocycles. The maximum Gasteiger partial charge on any atom is 0.160 e. The minimum Gasteiger partial charge on any atom is -0.311 e. The SMILES string of the molecule is CCn1nccc1CNCCc1nnc2ccccn12. The summed E-state index contributed by atoms with van der Waals surface area (Å²) in [7, 11) is 0. The van der Waals surface area contributed by atoms with Crippen molar-refractivity contribution in [1.29, 1.82) is 0 Å². The van der Waals surface area contributed by atoms with E-state index >= 15 is 0 Å². The molecule has 104 valence electrons. The fourth-order valence-electron chi connectivity index (χ4n) is 2.27. The van der Waals surface area contributed by atoms with Crippen molar-refractivity contribution in [3.05, 3.63) is 48.2 Å². The van der Waals surface area contributed by atoms with Crippen LogP contribution in [0.15, 0.2) is 36.7 Å². The summed E-state index contributed by atoms with van der Waals surface area (Å²) in [4.78, 5) is 0. The van der Waals surface area contributed by atoms with Crippen LogP contribution >= 0.6 is 0 Å². The fraction of sp³-hybridized carbons (Fsp3) is 0.357. The average Bonchev–Trinajstić information content (AvgIpc) is 3.10. The quantitative estimate of drug-likeness (QED) is 0.685. The van der Waals surface area contributed by atoms with Crippen LogP contribution in [0.2, 0.25) is 0 Å². The molecule has 0 radical (unpaired) electrons. The van der Waals surface area contributed by atoms with Crippen molar-refractivity contribution >= 4 is 5.65 Å². The van der Waals surface area contributed by atoms with Crippen molar-refractivity contribution in [3.63, 3.8) is 0 Å². The van der Waals surface area contributed by atoms with Crippen molar-refractivity contribution in [2.24, 2.45) is 0 Å². The van der Waals surface area contributed by atoms with Gasteiger partial charge in [0, 0.05) is 38.4 Å². The molecule has 3 rings (SSSR count). The van der Waals surface area contributed by atoms with Crippen molar-refractivity contribution in [2.75, 3.05) is 6.54 Å². The Balaban J connectivity index is 1.55. The lowest BCUT2D eigenvalue weighted by molar-refractivity contribution is 0.578. The number of hydrogen-bond donors (Lipinski definition) is 1. The fourth-order valence-corrected chi connectivity index (χ4v) is 2.27. The van der Waals surface area contributed by atoms with E-state index in [1.807, 2.05) is 45.7 Å². The Labute approximate surface area is 117 Å². The third-order valence-corrected chi connectivity index (χ3v) is 3.32. The van der Waals surface area contributed by atoms with Gasteiger partial charge in [0.05, 0.1) is 5.69 Å². The van der Waals surface area contributed by atoms with E-state index < -0.39 is 0 Å². The molecule has 0 amide bonds. The van der Waals surface area contributed by atoms with E-state index in [1.54, 1.807) is 0 Å². The van der Waals surface area contributed by atoms with Crippen LogP contribution in [0, 0.1) is 0 Å². The van der Waals surface area contributed by atoms with Crippen LogP contribution in [0.1, 0.15) is 18.4 Å². The lowest BCUT2D eigenvalue weighted by Gasteiger charge is -2.06. The molecule has 0 spiro atoms. The third-order valence-electron chi connectivity index (χ3n) is 3.32. The highest BCUT2D eigenvalue weighted by Gasteiger charge is 2.04. The predicted octanol–water partition coefficient (Wildman–Crippen LogP) is 1.28. The lowest BCUT2D eigenvalue weighted by atomic mass is 10.3. The second kappa shape index (κ2) is 5.83. The monoisotopic (exact) mass is 270 g/mol. The lowest BCUT2D eigenvalue weighted by Crippen LogP contribution is -2.20. The number of rotatable bonds is 6. The number of aromatic nitrogens is 5. The number of pyridine rings is 1. The summed E-state index contributed by atoms with van der Waals surface area (Å²) >= 11 is 0. The number of aryl methyl sites for hydroxylation is 1. The summed E-state index contributed by atoms with van der Waals surface area (Å²) < 4.78 is 4.03. The van der Waals surface area contributed by atoms with Gasteiger partial charge in [-0.2, -0.15) is 5.10 Å². The van der Waals surface area contributed by atoms with Crippen LogP contribution in [0.25, 0.3) is 5.65 Å². The zero-order chi connectivity index (χ0) is 13.8. The molecular formula is C14H18N6. The normalized spacial score (nSPS) is 11.2. The molecule has 0 aliphatic rings. The predicted molar refractivity (Wildman–Crippen MR) is 76.3 cm³/mol. The minimum absolute atomic E-state index is 0.824. The zero-order valence-electron chi connectivity index (χ0n) is 11.5. The van der Waals surface area contributed by atoms with E-state index in [4.69, 9.17) is 0 Å². The van der Waals surface area contributed by atoms with Crippen LogP contribution < -0.4 is 5.32 Å². The average molecular weight is 270 g/mol. The molecule has 0 aromatic carbocycles. The van der Waals surface area contributed by atoms with E-state index in [1.165, 1.54) is 5.69 Å². The summed E-state index contributed by atoms with van der Waals surface area (Å²) in [6, 6.07) is 7.97. The summed E-state index contributed by atoms with van der Waals surface area (Å²) in [6.07, 6.45) is 4.69. The number of hydrogen-bond acceptors (Lipinski definition) is 4. The van der Waals surface area contributed by atoms with Crippen molar-refractivity contribution in [1.82, 2.24) is 29.7 Å². The second-order valence-corrected chi connectivity index (χ2v) is 4.61. The third kappa shape index (κ3) is 2.55. The van der Waals surface area contributed by atoms with E-state index in [0.29, 0.717) is 0 Å². The van der Waals surface area contributed by atoms with E-state index in [2.05, 4.69) is 27.5 Å². The highest BCUT2D eigenvalue weighted by Crippen LogP contribution is 2.03. The summed E-state index contributed by atoms with van der Waals surface area (Å²) in [5.41, 5.74) is 2.10. The van der Waals surface area contributed by atoms with Gasteiger partial charge in [0.1, 0.15) is 5.82 Å². The molecular weight excluding hydrogens is 252 g/mol. The number of fused-ring (bicyclic) bond motifs is 1. The zero-order valence-corrected chi connectivity index (χ0v) is 11.5. The van der Waals surface area contributed by atoms with Gasteiger partial charge in [0.2, 0.25) is 0 Å².